The van der Waals surface area contributed by atoms with Gasteiger partial charge in [-0.1, -0.05) is 34.6 Å². The van der Waals surface area contributed by atoms with Crippen LogP contribution in [0.3, 0.4) is 0 Å². The van der Waals surface area contributed by atoms with Crippen LogP contribution in [0.25, 0.3) is 0 Å². The molecule has 2 aliphatic carbocycles. The highest BCUT2D eigenvalue weighted by Crippen LogP contribution is 2.58. The zero-order valence-electron chi connectivity index (χ0n) is 14.8. The predicted octanol–water partition coefficient (Wildman–Crippen LogP) is 5.17. The van der Waals surface area contributed by atoms with Crippen LogP contribution in [-0.2, 0) is 0 Å². The van der Waals surface area contributed by atoms with Crippen molar-refractivity contribution in [3.63, 3.8) is 0 Å². The molecule has 0 heterocycles. The molecule has 0 amide bonds. The molecule has 2 N–H and O–H groups in total. The van der Waals surface area contributed by atoms with Crippen molar-refractivity contribution in [3.8, 4) is 0 Å². The summed E-state index contributed by atoms with van der Waals surface area (Å²) in [5.74, 6) is 1.27. The van der Waals surface area contributed by atoms with Gasteiger partial charge in [-0.25, -0.2) is 0 Å². The Labute approximate surface area is 138 Å². The minimum absolute atomic E-state index is 0. The van der Waals surface area contributed by atoms with Crippen LogP contribution in [0, 0.1) is 22.7 Å². The molecule has 2 fully saturated rings. The quantitative estimate of drug-likeness (QED) is 0.735. The van der Waals surface area contributed by atoms with E-state index >= 15 is 0 Å². The van der Waals surface area contributed by atoms with Crippen LogP contribution >= 0.6 is 0 Å². The SMILES string of the molecule is C.CC(C)(O)CCC(C)(C)CC1CCC2[C@@H](O)CCC[C@]12C. The normalized spacial score (nSPS) is 35.9. The first kappa shape index (κ1) is 20.0. The lowest BCUT2D eigenvalue weighted by molar-refractivity contribution is -0.0266. The summed E-state index contributed by atoms with van der Waals surface area (Å²) in [5, 5.41) is 20.3. The van der Waals surface area contributed by atoms with Crippen molar-refractivity contribution in [1.82, 2.24) is 0 Å². The fraction of sp³-hybridized carbons (Fsp3) is 1.00. The van der Waals surface area contributed by atoms with Crippen molar-refractivity contribution in [3.05, 3.63) is 0 Å². The zero-order chi connectivity index (χ0) is 15.9. The minimum Gasteiger partial charge on any atom is -0.393 e. The molecule has 4 atom stereocenters. The standard InChI is InChI=1S/C19H36O2.CH4/c1-17(2,11-12-18(3,4)21)13-14-8-9-15-16(20)7-6-10-19(14,15)5;/h14-16,20-21H,6-13H2,1-5H3;1H4/t14?,15?,16-,19+;/m0./s1. The maximum absolute atomic E-state index is 10.3. The van der Waals surface area contributed by atoms with Crippen LogP contribution in [0.2, 0.25) is 0 Å². The van der Waals surface area contributed by atoms with E-state index in [0.29, 0.717) is 11.3 Å². The smallest absolute Gasteiger partial charge is 0.0592 e. The number of fused-ring (bicyclic) bond motifs is 1. The second-order valence-electron chi connectivity index (χ2n) is 9.53. The number of rotatable bonds is 5. The van der Waals surface area contributed by atoms with Gasteiger partial charge in [0.25, 0.3) is 0 Å². The Bertz CT molecular complexity index is 355. The predicted molar refractivity (Wildman–Crippen MR) is 94.8 cm³/mol. The van der Waals surface area contributed by atoms with Crippen LogP contribution in [0.4, 0.5) is 0 Å². The number of aliphatic hydroxyl groups excluding tert-OH is 1. The second kappa shape index (κ2) is 6.81. The van der Waals surface area contributed by atoms with Gasteiger partial charge in [0.05, 0.1) is 11.7 Å². The van der Waals surface area contributed by atoms with Crippen molar-refractivity contribution in [2.45, 2.75) is 105 Å². The summed E-state index contributed by atoms with van der Waals surface area (Å²) in [7, 11) is 0. The van der Waals surface area contributed by atoms with E-state index in [-0.39, 0.29) is 18.9 Å². The monoisotopic (exact) mass is 312 g/mol. The first-order valence-electron chi connectivity index (χ1n) is 8.94. The fourth-order valence-corrected chi connectivity index (χ4v) is 5.01. The van der Waals surface area contributed by atoms with Gasteiger partial charge in [0.15, 0.2) is 0 Å². The molecule has 0 aliphatic heterocycles. The third kappa shape index (κ3) is 4.47. The highest BCUT2D eigenvalue weighted by Gasteiger charge is 2.51. The highest BCUT2D eigenvalue weighted by atomic mass is 16.3. The van der Waals surface area contributed by atoms with Gasteiger partial charge < -0.3 is 10.2 Å². The highest BCUT2D eigenvalue weighted by molar-refractivity contribution is 5.01. The second-order valence-corrected chi connectivity index (χ2v) is 9.53. The lowest BCUT2D eigenvalue weighted by atomic mass is 9.61. The maximum Gasteiger partial charge on any atom is 0.0592 e. The van der Waals surface area contributed by atoms with E-state index in [1.165, 1.54) is 32.1 Å². The van der Waals surface area contributed by atoms with Crippen LogP contribution in [-0.4, -0.2) is 21.9 Å². The van der Waals surface area contributed by atoms with Gasteiger partial charge in [0, 0.05) is 0 Å². The molecule has 0 aromatic carbocycles. The molecule has 0 aromatic heterocycles. The number of hydrogen-bond acceptors (Lipinski definition) is 2. The van der Waals surface area contributed by atoms with Gasteiger partial charge in [-0.3, -0.25) is 0 Å². The molecule has 2 aliphatic rings. The molecule has 2 rings (SSSR count). The molecule has 132 valence electrons. The first-order chi connectivity index (χ1) is 9.54. The molecule has 2 unspecified atom stereocenters. The largest absolute Gasteiger partial charge is 0.393 e. The molecule has 2 heteroatoms. The van der Waals surface area contributed by atoms with E-state index in [4.69, 9.17) is 0 Å². The van der Waals surface area contributed by atoms with Crippen LogP contribution in [0.15, 0.2) is 0 Å². The van der Waals surface area contributed by atoms with E-state index in [1.807, 2.05) is 13.8 Å². The maximum atomic E-state index is 10.3. The van der Waals surface area contributed by atoms with Crippen molar-refractivity contribution < 1.29 is 10.2 Å². The number of aliphatic hydroxyl groups is 2. The Hall–Kier alpha value is -0.0800. The van der Waals surface area contributed by atoms with E-state index in [2.05, 4.69) is 20.8 Å². The summed E-state index contributed by atoms with van der Waals surface area (Å²) in [6.07, 6.45) is 9.11. The number of hydrogen-bond donors (Lipinski definition) is 2. The van der Waals surface area contributed by atoms with Crippen molar-refractivity contribution in [1.29, 1.82) is 0 Å². The molecule has 2 saturated carbocycles. The topological polar surface area (TPSA) is 40.5 Å². The third-order valence-electron chi connectivity index (χ3n) is 6.50. The Morgan fingerprint density at radius 1 is 1.05 bits per heavy atom. The van der Waals surface area contributed by atoms with Crippen molar-refractivity contribution >= 4 is 0 Å². The van der Waals surface area contributed by atoms with Gasteiger partial charge in [-0.05, 0) is 81.5 Å². The average Bonchev–Trinajstić information content (AvgIpc) is 2.65. The Morgan fingerprint density at radius 2 is 1.68 bits per heavy atom. The van der Waals surface area contributed by atoms with Gasteiger partial charge in [0.2, 0.25) is 0 Å². The van der Waals surface area contributed by atoms with Crippen LogP contribution in [0.1, 0.15) is 93.4 Å². The molecule has 2 nitrogen and oxygen atoms in total. The molecule has 0 saturated heterocycles. The third-order valence-corrected chi connectivity index (χ3v) is 6.50. The van der Waals surface area contributed by atoms with E-state index < -0.39 is 5.60 Å². The Kier molecular flexibility index (Phi) is 6.18. The fourth-order valence-electron chi connectivity index (χ4n) is 5.01. The molecule has 0 bridgehead atoms. The lowest BCUT2D eigenvalue weighted by Gasteiger charge is -2.45. The molecule has 0 aromatic rings. The lowest BCUT2D eigenvalue weighted by Crippen LogP contribution is -2.41. The van der Waals surface area contributed by atoms with Gasteiger partial charge in [0.1, 0.15) is 0 Å². The molecule has 0 radical (unpaired) electrons. The van der Waals surface area contributed by atoms with E-state index in [1.54, 1.807) is 0 Å². The summed E-state index contributed by atoms with van der Waals surface area (Å²) >= 11 is 0. The average molecular weight is 313 g/mol. The first-order valence-corrected chi connectivity index (χ1v) is 8.94. The molecular weight excluding hydrogens is 272 g/mol. The van der Waals surface area contributed by atoms with Crippen LogP contribution in [0.5, 0.6) is 0 Å². The Balaban J connectivity index is 0.00000242. The van der Waals surface area contributed by atoms with Gasteiger partial charge in [-0.2, -0.15) is 0 Å². The van der Waals surface area contributed by atoms with E-state index in [9.17, 15) is 10.2 Å². The molecule has 22 heavy (non-hydrogen) atoms. The summed E-state index contributed by atoms with van der Waals surface area (Å²) < 4.78 is 0. The van der Waals surface area contributed by atoms with E-state index in [0.717, 1.165) is 25.2 Å². The van der Waals surface area contributed by atoms with Crippen LogP contribution < -0.4 is 0 Å². The van der Waals surface area contributed by atoms with Crippen molar-refractivity contribution in [2.75, 3.05) is 0 Å². The summed E-state index contributed by atoms with van der Waals surface area (Å²) in [5.41, 5.74) is 0.0784. The summed E-state index contributed by atoms with van der Waals surface area (Å²) in [6.45, 7) is 11.0. The zero-order valence-corrected chi connectivity index (χ0v) is 14.8. The minimum atomic E-state index is -0.555. The van der Waals surface area contributed by atoms with Crippen molar-refractivity contribution in [2.24, 2.45) is 22.7 Å². The summed E-state index contributed by atoms with van der Waals surface area (Å²) in [4.78, 5) is 0. The molecular formula is C20H40O2. The molecule has 0 spiro atoms. The van der Waals surface area contributed by atoms with Gasteiger partial charge >= 0.3 is 0 Å². The summed E-state index contributed by atoms with van der Waals surface area (Å²) in [6, 6.07) is 0. The van der Waals surface area contributed by atoms with Gasteiger partial charge in [-0.15, -0.1) is 0 Å². The Morgan fingerprint density at radius 3 is 2.27 bits per heavy atom.